The van der Waals surface area contributed by atoms with Crippen LogP contribution in [0.25, 0.3) is 0 Å². The van der Waals surface area contributed by atoms with E-state index in [1.54, 1.807) is 12.1 Å². The lowest BCUT2D eigenvalue weighted by Gasteiger charge is -2.26. The molecule has 0 spiro atoms. The molecule has 0 aliphatic carbocycles. The SMILES string of the molecule is CCOC(=O)[C@@H](O)[C@@H](C(N)=O)N1C(=O)c2ccccc2C1=O. The molecule has 1 aliphatic heterocycles. The molecule has 0 aromatic heterocycles. The number of benzene rings is 1. The van der Waals surface area contributed by atoms with Crippen LogP contribution >= 0.6 is 0 Å². The number of ether oxygens (including phenoxy) is 1. The molecule has 3 amide bonds. The summed E-state index contributed by atoms with van der Waals surface area (Å²) in [6, 6.07) is 4.09. The Hall–Kier alpha value is -2.74. The van der Waals surface area contributed by atoms with Crippen LogP contribution in [0.15, 0.2) is 24.3 Å². The van der Waals surface area contributed by atoms with Gasteiger partial charge in [0.1, 0.15) is 0 Å². The zero-order valence-corrected chi connectivity index (χ0v) is 11.7. The van der Waals surface area contributed by atoms with E-state index in [4.69, 9.17) is 5.73 Å². The van der Waals surface area contributed by atoms with Gasteiger partial charge in [0.25, 0.3) is 11.8 Å². The van der Waals surface area contributed by atoms with Crippen LogP contribution in [-0.2, 0) is 14.3 Å². The Bertz CT molecular complexity index is 621. The van der Waals surface area contributed by atoms with E-state index in [0.717, 1.165) is 0 Å². The summed E-state index contributed by atoms with van der Waals surface area (Å²) in [6.45, 7) is 1.47. The van der Waals surface area contributed by atoms with Crippen molar-refractivity contribution in [3.63, 3.8) is 0 Å². The van der Waals surface area contributed by atoms with Gasteiger partial charge in [-0.25, -0.2) is 4.79 Å². The van der Waals surface area contributed by atoms with Gasteiger partial charge in [-0.05, 0) is 19.1 Å². The number of carbonyl (C=O) groups excluding carboxylic acids is 4. The minimum atomic E-state index is -2.04. The smallest absolute Gasteiger partial charge is 0.337 e. The van der Waals surface area contributed by atoms with E-state index >= 15 is 0 Å². The van der Waals surface area contributed by atoms with E-state index < -0.39 is 35.8 Å². The number of fused-ring (bicyclic) bond motifs is 1. The van der Waals surface area contributed by atoms with Gasteiger partial charge in [0.05, 0.1) is 17.7 Å². The van der Waals surface area contributed by atoms with E-state index in [9.17, 15) is 24.3 Å². The zero-order valence-electron chi connectivity index (χ0n) is 11.7. The zero-order chi connectivity index (χ0) is 16.4. The lowest BCUT2D eigenvalue weighted by atomic mass is 10.1. The molecule has 3 N–H and O–H groups in total. The summed E-state index contributed by atoms with van der Waals surface area (Å²) < 4.78 is 4.60. The van der Waals surface area contributed by atoms with Gasteiger partial charge in [-0.1, -0.05) is 12.1 Å². The number of primary amides is 1. The van der Waals surface area contributed by atoms with E-state index in [0.29, 0.717) is 4.90 Å². The Kier molecular flexibility index (Phi) is 4.22. The van der Waals surface area contributed by atoms with Crippen LogP contribution < -0.4 is 5.73 Å². The maximum Gasteiger partial charge on any atom is 0.337 e. The summed E-state index contributed by atoms with van der Waals surface area (Å²) in [5.41, 5.74) is 5.31. The molecule has 0 radical (unpaired) electrons. The number of carbonyl (C=O) groups is 4. The van der Waals surface area contributed by atoms with Gasteiger partial charge in [0.2, 0.25) is 5.91 Å². The van der Waals surface area contributed by atoms with Gasteiger partial charge < -0.3 is 15.6 Å². The maximum absolute atomic E-state index is 12.3. The highest BCUT2D eigenvalue weighted by Crippen LogP contribution is 2.25. The Balaban J connectivity index is 2.39. The molecule has 1 aliphatic rings. The molecule has 0 saturated carbocycles. The van der Waals surface area contributed by atoms with Gasteiger partial charge >= 0.3 is 5.97 Å². The van der Waals surface area contributed by atoms with E-state index in [-0.39, 0.29) is 17.7 Å². The molecule has 8 heteroatoms. The van der Waals surface area contributed by atoms with Crippen molar-refractivity contribution in [3.05, 3.63) is 35.4 Å². The van der Waals surface area contributed by atoms with Gasteiger partial charge in [0.15, 0.2) is 12.1 Å². The standard InChI is InChI=1S/C14H14N2O6/c1-2-22-14(21)10(17)9(11(15)18)16-12(19)7-5-3-4-6-8(7)13(16)20/h3-6,9-10,17H,2H2,1H3,(H2,15,18)/t9-,10-/m0/s1. The van der Waals surface area contributed by atoms with Crippen LogP contribution in [-0.4, -0.2) is 52.4 Å². The van der Waals surface area contributed by atoms with Crippen molar-refractivity contribution in [2.24, 2.45) is 5.73 Å². The fraction of sp³-hybridized carbons (Fsp3) is 0.286. The highest BCUT2D eigenvalue weighted by Gasteiger charge is 2.47. The average molecular weight is 306 g/mol. The molecule has 22 heavy (non-hydrogen) atoms. The number of nitrogens with zero attached hydrogens (tertiary/aromatic N) is 1. The molecule has 1 aromatic rings. The monoisotopic (exact) mass is 306 g/mol. The second-order valence-corrected chi connectivity index (χ2v) is 4.57. The van der Waals surface area contributed by atoms with Gasteiger partial charge in [-0.3, -0.25) is 19.3 Å². The molecule has 1 aromatic carbocycles. The predicted molar refractivity (Wildman–Crippen MR) is 72.6 cm³/mol. The minimum absolute atomic E-state index is 0.0382. The van der Waals surface area contributed by atoms with Gasteiger partial charge in [0, 0.05) is 0 Å². The number of amides is 3. The second kappa shape index (κ2) is 5.94. The molecule has 8 nitrogen and oxygen atoms in total. The normalized spacial score (nSPS) is 16.2. The Morgan fingerprint density at radius 3 is 2.14 bits per heavy atom. The maximum atomic E-state index is 12.3. The number of imide groups is 1. The van der Waals surface area contributed by atoms with Crippen molar-refractivity contribution in [2.75, 3.05) is 6.61 Å². The highest BCUT2D eigenvalue weighted by molar-refractivity contribution is 6.23. The number of esters is 1. The number of aliphatic hydroxyl groups excluding tert-OH is 1. The number of hydrogen-bond donors (Lipinski definition) is 2. The summed E-state index contributed by atoms with van der Waals surface area (Å²) in [5.74, 6) is -3.92. The molecule has 0 fully saturated rings. The van der Waals surface area contributed by atoms with Crippen molar-refractivity contribution in [3.8, 4) is 0 Å². The highest BCUT2D eigenvalue weighted by atomic mass is 16.5. The van der Waals surface area contributed by atoms with Crippen LogP contribution in [0, 0.1) is 0 Å². The lowest BCUT2D eigenvalue weighted by molar-refractivity contribution is -0.158. The predicted octanol–water partition coefficient (Wildman–Crippen LogP) is -0.939. The molecule has 116 valence electrons. The number of aliphatic hydroxyl groups is 1. The molecule has 0 saturated heterocycles. The van der Waals surface area contributed by atoms with Crippen molar-refractivity contribution in [2.45, 2.75) is 19.1 Å². The number of hydrogen-bond acceptors (Lipinski definition) is 6. The van der Waals surface area contributed by atoms with Crippen LogP contribution in [0.3, 0.4) is 0 Å². The Labute approximate surface area is 125 Å². The first kappa shape index (κ1) is 15.6. The Morgan fingerprint density at radius 2 is 1.73 bits per heavy atom. The topological polar surface area (TPSA) is 127 Å². The fourth-order valence-corrected chi connectivity index (χ4v) is 2.24. The van der Waals surface area contributed by atoms with E-state index in [1.807, 2.05) is 0 Å². The Morgan fingerprint density at radius 1 is 1.23 bits per heavy atom. The van der Waals surface area contributed by atoms with Gasteiger partial charge in [-0.2, -0.15) is 0 Å². The second-order valence-electron chi connectivity index (χ2n) is 4.57. The summed E-state index contributed by atoms with van der Waals surface area (Å²) in [7, 11) is 0. The molecule has 1 heterocycles. The first-order valence-electron chi connectivity index (χ1n) is 6.51. The summed E-state index contributed by atoms with van der Waals surface area (Å²) in [6.07, 6.45) is -2.04. The largest absolute Gasteiger partial charge is 0.464 e. The summed E-state index contributed by atoms with van der Waals surface area (Å²) in [4.78, 5) is 48.2. The van der Waals surface area contributed by atoms with Crippen LogP contribution in [0.1, 0.15) is 27.6 Å². The average Bonchev–Trinajstić information content (AvgIpc) is 2.73. The van der Waals surface area contributed by atoms with E-state index in [1.165, 1.54) is 19.1 Å². The first-order valence-corrected chi connectivity index (χ1v) is 6.51. The van der Waals surface area contributed by atoms with Crippen molar-refractivity contribution < 1.29 is 29.0 Å². The molecular formula is C14H14N2O6. The van der Waals surface area contributed by atoms with Crippen LogP contribution in [0.2, 0.25) is 0 Å². The van der Waals surface area contributed by atoms with Crippen LogP contribution in [0.5, 0.6) is 0 Å². The third kappa shape index (κ3) is 2.44. The van der Waals surface area contributed by atoms with Crippen molar-refractivity contribution in [1.82, 2.24) is 4.90 Å². The molecule has 2 atom stereocenters. The number of rotatable bonds is 5. The van der Waals surface area contributed by atoms with E-state index in [2.05, 4.69) is 4.74 Å². The van der Waals surface area contributed by atoms with Crippen LogP contribution in [0.4, 0.5) is 0 Å². The minimum Gasteiger partial charge on any atom is -0.464 e. The van der Waals surface area contributed by atoms with Crippen molar-refractivity contribution >= 4 is 23.7 Å². The third-order valence-electron chi connectivity index (χ3n) is 3.22. The number of nitrogens with two attached hydrogens (primary N) is 1. The van der Waals surface area contributed by atoms with Gasteiger partial charge in [-0.15, -0.1) is 0 Å². The first-order chi connectivity index (χ1) is 10.4. The van der Waals surface area contributed by atoms with Crippen molar-refractivity contribution in [1.29, 1.82) is 0 Å². The lowest BCUT2D eigenvalue weighted by Crippen LogP contribution is -2.56. The molecule has 0 bridgehead atoms. The molecule has 0 unspecified atom stereocenters. The molecule has 2 rings (SSSR count). The fourth-order valence-electron chi connectivity index (χ4n) is 2.24. The third-order valence-corrected chi connectivity index (χ3v) is 3.22. The molecular weight excluding hydrogens is 292 g/mol. The summed E-state index contributed by atoms with van der Waals surface area (Å²) in [5, 5.41) is 9.93. The quantitative estimate of drug-likeness (QED) is 0.534. The summed E-state index contributed by atoms with van der Waals surface area (Å²) >= 11 is 0.